The fourth-order valence-corrected chi connectivity index (χ4v) is 8.84. The van der Waals surface area contributed by atoms with Gasteiger partial charge in [0.25, 0.3) is 5.91 Å². The van der Waals surface area contributed by atoms with E-state index in [1.807, 2.05) is 25.1 Å². The quantitative estimate of drug-likeness (QED) is 0.320. The van der Waals surface area contributed by atoms with Crippen LogP contribution in [0, 0.1) is 23.7 Å². The van der Waals surface area contributed by atoms with Gasteiger partial charge in [-0.1, -0.05) is 47.7 Å². The van der Waals surface area contributed by atoms with Crippen molar-refractivity contribution in [2.24, 2.45) is 11.8 Å². The van der Waals surface area contributed by atoms with Crippen LogP contribution in [0.1, 0.15) is 60.5 Å². The van der Waals surface area contributed by atoms with Crippen LogP contribution in [-0.4, -0.2) is 75.5 Å². The second-order valence-electron chi connectivity index (χ2n) is 14.0. The van der Waals surface area contributed by atoms with Crippen molar-refractivity contribution in [2.45, 2.75) is 61.7 Å². The van der Waals surface area contributed by atoms with Crippen LogP contribution in [0.3, 0.4) is 0 Å². The molecule has 8 nitrogen and oxygen atoms in total. The maximum atomic E-state index is 13.4. The Morgan fingerprint density at radius 1 is 1.21 bits per heavy atom. The number of carbonyl (C=O) groups is 1. The summed E-state index contributed by atoms with van der Waals surface area (Å²) in [6.45, 7) is 7.73. The van der Waals surface area contributed by atoms with Gasteiger partial charge in [-0.2, -0.15) is 0 Å². The Balaban J connectivity index is 1.46. The molecular formula is C37H44ClN3O5S. The third-order valence-corrected chi connectivity index (χ3v) is 12.4. The van der Waals surface area contributed by atoms with E-state index in [0.717, 1.165) is 37.8 Å². The number of nitrogens with zero attached hydrogens (tertiary/aromatic N) is 2. The minimum Gasteiger partial charge on any atom is -0.490 e. The Hall–Kier alpha value is -3.29. The molecule has 0 unspecified atom stereocenters. The Kier molecular flexibility index (Phi) is 9.27. The lowest BCUT2D eigenvalue weighted by Crippen LogP contribution is -2.52. The van der Waals surface area contributed by atoms with E-state index >= 15 is 0 Å². The zero-order valence-corrected chi connectivity index (χ0v) is 29.0. The molecule has 2 aliphatic heterocycles. The molecule has 0 saturated heterocycles. The molecular weight excluding hydrogens is 634 g/mol. The van der Waals surface area contributed by atoms with Crippen molar-refractivity contribution in [1.29, 1.82) is 0 Å². The van der Waals surface area contributed by atoms with Gasteiger partial charge in [-0.15, -0.1) is 0 Å². The lowest BCUT2D eigenvalue weighted by molar-refractivity contribution is -0.00320. The number of allylic oxidation sites excluding steroid dienone is 1. The zero-order valence-electron chi connectivity index (χ0n) is 27.4. The number of rotatable bonds is 1. The predicted octanol–water partition coefficient (Wildman–Crippen LogP) is 5.10. The molecule has 2 aromatic rings. The van der Waals surface area contributed by atoms with Crippen molar-refractivity contribution in [3.8, 4) is 17.6 Å². The average molecular weight is 678 g/mol. The van der Waals surface area contributed by atoms with Crippen molar-refractivity contribution in [1.82, 2.24) is 9.62 Å². The van der Waals surface area contributed by atoms with Gasteiger partial charge in [0.05, 0.1) is 24.1 Å². The van der Waals surface area contributed by atoms with E-state index in [1.54, 1.807) is 30.4 Å². The molecule has 1 fully saturated rings. The Bertz CT molecular complexity index is 1780. The second kappa shape index (κ2) is 13.0. The number of carbonyl (C=O) groups excluding carboxylic acids is 1. The smallest absolute Gasteiger partial charge is 0.264 e. The number of amides is 1. The first-order valence-electron chi connectivity index (χ1n) is 16.4. The molecule has 2 aliphatic carbocycles. The van der Waals surface area contributed by atoms with E-state index in [2.05, 4.69) is 40.2 Å². The van der Waals surface area contributed by atoms with Gasteiger partial charge in [0.2, 0.25) is 10.0 Å². The number of aryl methyl sites for hydroxylation is 1. The fraction of sp³-hybridized carbons (Fsp3) is 0.486. The minimum atomic E-state index is -4.08. The van der Waals surface area contributed by atoms with Crippen LogP contribution in [0.2, 0.25) is 5.02 Å². The van der Waals surface area contributed by atoms with E-state index < -0.39 is 26.8 Å². The number of halogens is 1. The third-order valence-electron chi connectivity index (χ3n) is 10.4. The van der Waals surface area contributed by atoms with E-state index in [1.165, 1.54) is 18.1 Å². The van der Waals surface area contributed by atoms with Crippen LogP contribution >= 0.6 is 11.6 Å². The van der Waals surface area contributed by atoms with Gasteiger partial charge in [-0.25, -0.2) is 13.1 Å². The number of aliphatic hydroxyl groups is 1. The van der Waals surface area contributed by atoms with Gasteiger partial charge >= 0.3 is 0 Å². The lowest BCUT2D eigenvalue weighted by atomic mass is 9.64. The number of sulfonamides is 1. The summed E-state index contributed by atoms with van der Waals surface area (Å²) in [6, 6.07) is 11.3. The summed E-state index contributed by atoms with van der Waals surface area (Å²) in [5.41, 5.74) is 2.11. The Morgan fingerprint density at radius 3 is 2.77 bits per heavy atom. The Morgan fingerprint density at radius 2 is 2.02 bits per heavy atom. The van der Waals surface area contributed by atoms with Gasteiger partial charge in [-0.3, -0.25) is 9.69 Å². The maximum Gasteiger partial charge on any atom is 0.264 e. The monoisotopic (exact) mass is 677 g/mol. The van der Waals surface area contributed by atoms with Crippen molar-refractivity contribution < 1.29 is 23.1 Å². The number of benzene rings is 2. The molecule has 2 bridgehead atoms. The van der Waals surface area contributed by atoms with Crippen LogP contribution in [0.4, 0.5) is 5.69 Å². The highest BCUT2D eigenvalue weighted by Crippen LogP contribution is 2.48. The molecule has 1 spiro atoms. The number of hydrogen-bond acceptors (Lipinski definition) is 7. The molecule has 6 rings (SSSR count). The molecule has 2 N–H and O–H groups in total. The van der Waals surface area contributed by atoms with Crippen LogP contribution in [0.15, 0.2) is 60.7 Å². The summed E-state index contributed by atoms with van der Waals surface area (Å²) in [7, 11) is -0.212. The number of ether oxygens (including phenoxy) is 1. The Labute approximate surface area is 283 Å². The number of anilines is 1. The zero-order chi connectivity index (χ0) is 33.6. The number of nitrogens with one attached hydrogen (secondary N) is 1. The van der Waals surface area contributed by atoms with E-state index in [4.69, 9.17) is 16.3 Å². The highest BCUT2D eigenvalue weighted by atomic mass is 35.5. The molecule has 0 radical (unpaired) electrons. The summed E-state index contributed by atoms with van der Waals surface area (Å²) in [6.07, 6.45) is 8.31. The van der Waals surface area contributed by atoms with E-state index in [-0.39, 0.29) is 29.2 Å². The molecule has 1 saturated carbocycles. The fourth-order valence-electron chi connectivity index (χ4n) is 7.55. The van der Waals surface area contributed by atoms with Crippen LogP contribution in [-0.2, 0) is 21.9 Å². The molecule has 0 aromatic heterocycles. The van der Waals surface area contributed by atoms with Gasteiger partial charge in [0.1, 0.15) is 11.4 Å². The molecule has 4 aliphatic rings. The van der Waals surface area contributed by atoms with Crippen molar-refractivity contribution in [3.05, 3.63) is 82.4 Å². The summed E-state index contributed by atoms with van der Waals surface area (Å²) in [4.78, 5) is 17.7. The standard InChI is InChI=1S/C37H44ClN3O5S/c1-25-8-5-17-37(43,18-7-19-40(3)4)32-13-10-29(32)22-41-23-36(16-6-9-27-20-30(38)12-14-31(27)36)24-46-34-15-11-28(21-33(34)41)35(42)39-47(44,45)26(25)2/h5,11-12,14-15,17,20-21,26,29,32,43H,1,6,8-10,13,16,19,22-24H2,2-4H3,(H,39,42)/b17-5+/t26-,29+,32-,36+,37-/m1/s1. The molecule has 10 heteroatoms. The SMILES string of the molecule is C=C1C/C=C/[C@@](O)(C#CCN(C)C)[C@@H]2CC[C@H]2CN2C[C@@]3(CCCc4cc(Cl)ccc43)COc3ccc(cc32)C(=O)NS(=O)(=O)[C@@H]1C. The van der Waals surface area contributed by atoms with Crippen molar-refractivity contribution >= 4 is 33.2 Å². The van der Waals surface area contributed by atoms with E-state index in [9.17, 15) is 18.3 Å². The lowest BCUT2D eigenvalue weighted by Gasteiger charge is -2.47. The predicted molar refractivity (Wildman–Crippen MR) is 186 cm³/mol. The summed E-state index contributed by atoms with van der Waals surface area (Å²) >= 11 is 6.43. The first kappa shape index (κ1) is 33.6. The number of hydrogen-bond donors (Lipinski definition) is 2. The average Bonchev–Trinajstić information content (AvgIpc) is 3.14. The molecule has 250 valence electrons. The van der Waals surface area contributed by atoms with Gasteiger partial charge < -0.3 is 14.7 Å². The topological polar surface area (TPSA) is 99.2 Å². The normalized spacial score (nSPS) is 30.9. The molecule has 47 heavy (non-hydrogen) atoms. The summed E-state index contributed by atoms with van der Waals surface area (Å²) < 4.78 is 35.5. The summed E-state index contributed by atoms with van der Waals surface area (Å²) in [5.74, 6) is 6.26. The minimum absolute atomic E-state index is 0.113. The first-order valence-corrected chi connectivity index (χ1v) is 18.3. The van der Waals surface area contributed by atoms with Gasteiger partial charge in [0.15, 0.2) is 0 Å². The van der Waals surface area contributed by atoms with Crippen LogP contribution in [0.25, 0.3) is 0 Å². The van der Waals surface area contributed by atoms with Gasteiger partial charge in [0, 0.05) is 35.0 Å². The van der Waals surface area contributed by atoms with Crippen LogP contribution in [0.5, 0.6) is 5.75 Å². The highest BCUT2D eigenvalue weighted by Gasteiger charge is 2.47. The number of fused-ring (bicyclic) bond motifs is 4. The molecule has 5 atom stereocenters. The van der Waals surface area contributed by atoms with Gasteiger partial charge in [-0.05, 0) is 113 Å². The van der Waals surface area contributed by atoms with Crippen LogP contribution < -0.4 is 14.4 Å². The van der Waals surface area contributed by atoms with Crippen molar-refractivity contribution in [2.75, 3.05) is 45.2 Å². The first-order chi connectivity index (χ1) is 22.3. The maximum absolute atomic E-state index is 13.4. The summed E-state index contributed by atoms with van der Waals surface area (Å²) in [5, 5.41) is 11.8. The molecule has 2 heterocycles. The third kappa shape index (κ3) is 6.71. The molecule has 2 aromatic carbocycles. The van der Waals surface area contributed by atoms with Crippen molar-refractivity contribution in [3.63, 3.8) is 0 Å². The largest absolute Gasteiger partial charge is 0.490 e. The van der Waals surface area contributed by atoms with E-state index in [0.29, 0.717) is 42.6 Å². The second-order valence-corrected chi connectivity index (χ2v) is 16.4. The highest BCUT2D eigenvalue weighted by molar-refractivity contribution is 7.90. The molecule has 1 amide bonds.